The van der Waals surface area contributed by atoms with Gasteiger partial charge in [0, 0.05) is 23.0 Å². The summed E-state index contributed by atoms with van der Waals surface area (Å²) in [6, 6.07) is 7.20. The first-order chi connectivity index (χ1) is 8.20. The first kappa shape index (κ1) is 10.5. The highest BCUT2D eigenvalue weighted by molar-refractivity contribution is 6.16. The highest BCUT2D eigenvalue weighted by atomic mass is 16.1. The van der Waals surface area contributed by atoms with E-state index in [-0.39, 0.29) is 29.3 Å². The summed E-state index contributed by atoms with van der Waals surface area (Å²) in [6.45, 7) is 2.02. The Hall–Kier alpha value is -1.70. The molecule has 0 aliphatic heterocycles. The van der Waals surface area contributed by atoms with Crippen molar-refractivity contribution in [2.45, 2.75) is 13.3 Å². The highest BCUT2D eigenvalue weighted by Crippen LogP contribution is 2.39. The van der Waals surface area contributed by atoms with Crippen molar-refractivity contribution in [1.29, 1.82) is 0 Å². The lowest BCUT2D eigenvalue weighted by Gasteiger charge is -2.35. The number of hydrogen-bond acceptors (Lipinski definition) is 2. The van der Waals surface area contributed by atoms with Crippen molar-refractivity contribution in [1.82, 2.24) is 0 Å². The van der Waals surface area contributed by atoms with Gasteiger partial charge in [-0.2, -0.15) is 0 Å². The molecule has 3 rings (SSSR count). The maximum Gasteiger partial charge on any atom is 0.167 e. The Labute approximate surface area is 100 Å². The molecule has 2 aliphatic rings. The molecule has 0 bridgehead atoms. The van der Waals surface area contributed by atoms with Gasteiger partial charge >= 0.3 is 0 Å². The van der Waals surface area contributed by atoms with Gasteiger partial charge in [0.15, 0.2) is 11.6 Å². The van der Waals surface area contributed by atoms with Gasteiger partial charge in [0.2, 0.25) is 0 Å². The molecule has 17 heavy (non-hydrogen) atoms. The van der Waals surface area contributed by atoms with Crippen molar-refractivity contribution >= 4 is 11.6 Å². The van der Waals surface area contributed by atoms with E-state index in [2.05, 4.69) is 6.08 Å². The molecule has 2 nitrogen and oxygen atoms in total. The van der Waals surface area contributed by atoms with Gasteiger partial charge in [-0.25, -0.2) is 0 Å². The number of carbonyl (C=O) groups is 2. The van der Waals surface area contributed by atoms with Crippen LogP contribution in [0.4, 0.5) is 0 Å². The van der Waals surface area contributed by atoms with E-state index in [0.717, 1.165) is 0 Å². The van der Waals surface area contributed by atoms with Gasteiger partial charge in [0.05, 0.1) is 0 Å². The van der Waals surface area contributed by atoms with Crippen LogP contribution in [0, 0.1) is 17.8 Å². The Morgan fingerprint density at radius 1 is 1.06 bits per heavy atom. The molecule has 0 fully saturated rings. The molecule has 2 aliphatic carbocycles. The average Bonchev–Trinajstić information content (AvgIpc) is 2.36. The highest BCUT2D eigenvalue weighted by Gasteiger charge is 2.43. The van der Waals surface area contributed by atoms with Crippen molar-refractivity contribution in [3.8, 4) is 0 Å². The molecule has 0 radical (unpaired) electrons. The van der Waals surface area contributed by atoms with Crippen LogP contribution in [0.15, 0.2) is 36.4 Å². The second-order valence-electron chi connectivity index (χ2n) is 4.93. The van der Waals surface area contributed by atoms with Gasteiger partial charge < -0.3 is 0 Å². The number of benzene rings is 1. The predicted molar refractivity (Wildman–Crippen MR) is 65.0 cm³/mol. The molecule has 2 heteroatoms. The first-order valence-electron chi connectivity index (χ1n) is 6.04. The lowest BCUT2D eigenvalue weighted by atomic mass is 9.66. The Kier molecular flexibility index (Phi) is 2.25. The number of fused-ring (bicyclic) bond motifs is 2. The van der Waals surface area contributed by atoms with Crippen LogP contribution in [0.5, 0.6) is 0 Å². The third-order valence-corrected chi connectivity index (χ3v) is 3.93. The summed E-state index contributed by atoms with van der Waals surface area (Å²) in [5.41, 5.74) is 1.22. The van der Waals surface area contributed by atoms with E-state index in [1.54, 1.807) is 12.1 Å². The second-order valence-corrected chi connectivity index (χ2v) is 4.93. The Bertz CT molecular complexity index is 527. The van der Waals surface area contributed by atoms with E-state index in [1.165, 1.54) is 0 Å². The maximum absolute atomic E-state index is 12.4. The number of ketones is 2. The molecule has 0 amide bonds. The molecule has 0 saturated carbocycles. The summed E-state index contributed by atoms with van der Waals surface area (Å²) in [5, 5.41) is 0. The fraction of sp³-hybridized carbons (Fsp3) is 0.333. The van der Waals surface area contributed by atoms with Crippen LogP contribution in [0.3, 0.4) is 0 Å². The van der Waals surface area contributed by atoms with Crippen molar-refractivity contribution in [3.63, 3.8) is 0 Å². The van der Waals surface area contributed by atoms with E-state index in [4.69, 9.17) is 0 Å². The maximum atomic E-state index is 12.4. The molecule has 86 valence electrons. The van der Waals surface area contributed by atoms with Crippen molar-refractivity contribution in [2.75, 3.05) is 0 Å². The number of Topliss-reactive ketones (excluding diaryl/α,β-unsaturated/α-hetero) is 2. The summed E-state index contributed by atoms with van der Waals surface area (Å²) in [7, 11) is 0. The predicted octanol–water partition coefficient (Wildman–Crippen LogP) is 2.89. The van der Waals surface area contributed by atoms with E-state index in [9.17, 15) is 9.59 Å². The summed E-state index contributed by atoms with van der Waals surface area (Å²) >= 11 is 0. The monoisotopic (exact) mass is 226 g/mol. The Morgan fingerprint density at radius 3 is 2.41 bits per heavy atom. The van der Waals surface area contributed by atoms with Crippen molar-refractivity contribution < 1.29 is 9.59 Å². The average molecular weight is 226 g/mol. The molecule has 1 aromatic rings. The minimum atomic E-state index is -0.151. The molecular formula is C15H14O2. The standard InChI is InChI=1S/C15H14O2/c1-9-5-4-8-12-13(9)15(17)11-7-3-2-6-10(11)14(12)16/h2-7,9,12-13H,8H2,1H3. The lowest BCUT2D eigenvalue weighted by Crippen LogP contribution is -2.40. The smallest absolute Gasteiger partial charge is 0.167 e. The Balaban J connectivity index is 2.17. The van der Waals surface area contributed by atoms with Gasteiger partial charge in [-0.3, -0.25) is 9.59 Å². The Morgan fingerprint density at radius 2 is 1.71 bits per heavy atom. The minimum absolute atomic E-state index is 0.140. The summed E-state index contributed by atoms with van der Waals surface area (Å²) in [4.78, 5) is 24.8. The molecule has 1 aromatic carbocycles. The molecule has 0 heterocycles. The van der Waals surface area contributed by atoms with Crippen LogP contribution in [0.25, 0.3) is 0 Å². The van der Waals surface area contributed by atoms with Crippen LogP contribution in [-0.4, -0.2) is 11.6 Å². The summed E-state index contributed by atoms with van der Waals surface area (Å²) < 4.78 is 0. The van der Waals surface area contributed by atoms with Crippen LogP contribution in [-0.2, 0) is 0 Å². The van der Waals surface area contributed by atoms with Crippen molar-refractivity contribution in [3.05, 3.63) is 47.5 Å². The van der Waals surface area contributed by atoms with Gasteiger partial charge in [0.1, 0.15) is 0 Å². The van der Waals surface area contributed by atoms with Crippen LogP contribution >= 0.6 is 0 Å². The zero-order valence-corrected chi connectivity index (χ0v) is 9.72. The van der Waals surface area contributed by atoms with E-state index < -0.39 is 0 Å². The summed E-state index contributed by atoms with van der Waals surface area (Å²) in [5.74, 6) is 0.154. The lowest BCUT2D eigenvalue weighted by molar-refractivity contribution is 0.0688. The fourth-order valence-corrected chi connectivity index (χ4v) is 3.06. The van der Waals surface area contributed by atoms with E-state index in [0.29, 0.717) is 17.5 Å². The molecule has 3 unspecified atom stereocenters. The topological polar surface area (TPSA) is 34.1 Å². The van der Waals surface area contributed by atoms with Gasteiger partial charge in [-0.1, -0.05) is 43.3 Å². The molecular weight excluding hydrogens is 212 g/mol. The molecule has 0 saturated heterocycles. The van der Waals surface area contributed by atoms with Gasteiger partial charge in [-0.15, -0.1) is 0 Å². The van der Waals surface area contributed by atoms with Crippen LogP contribution in [0.2, 0.25) is 0 Å². The van der Waals surface area contributed by atoms with Crippen LogP contribution < -0.4 is 0 Å². The molecule has 0 N–H and O–H groups in total. The third-order valence-electron chi connectivity index (χ3n) is 3.93. The minimum Gasteiger partial charge on any atom is -0.294 e. The normalized spacial score (nSPS) is 31.0. The number of allylic oxidation sites excluding steroid dienone is 2. The molecule has 3 atom stereocenters. The zero-order valence-electron chi connectivity index (χ0n) is 9.72. The second kappa shape index (κ2) is 3.66. The quantitative estimate of drug-likeness (QED) is 0.637. The van der Waals surface area contributed by atoms with E-state index in [1.807, 2.05) is 25.1 Å². The van der Waals surface area contributed by atoms with Crippen LogP contribution in [0.1, 0.15) is 34.1 Å². The SMILES string of the molecule is CC1C=CCC2C(=O)c3ccccc3C(=O)C12. The number of rotatable bonds is 0. The van der Waals surface area contributed by atoms with Crippen molar-refractivity contribution in [2.24, 2.45) is 17.8 Å². The number of hydrogen-bond donors (Lipinski definition) is 0. The van der Waals surface area contributed by atoms with Gasteiger partial charge in [-0.05, 0) is 12.3 Å². The third kappa shape index (κ3) is 1.40. The van der Waals surface area contributed by atoms with E-state index >= 15 is 0 Å². The zero-order chi connectivity index (χ0) is 12.0. The fourth-order valence-electron chi connectivity index (χ4n) is 3.06. The molecule has 0 spiro atoms. The summed E-state index contributed by atoms with van der Waals surface area (Å²) in [6.07, 6.45) is 4.79. The molecule has 0 aromatic heterocycles. The van der Waals surface area contributed by atoms with Gasteiger partial charge in [0.25, 0.3) is 0 Å². The number of carbonyl (C=O) groups excluding carboxylic acids is 2. The largest absolute Gasteiger partial charge is 0.294 e. The first-order valence-corrected chi connectivity index (χ1v) is 6.04.